The van der Waals surface area contributed by atoms with E-state index in [9.17, 15) is 19.8 Å². The summed E-state index contributed by atoms with van der Waals surface area (Å²) in [6, 6.07) is -0.645. The predicted octanol–water partition coefficient (Wildman–Crippen LogP) is 19.6. The minimum absolute atomic E-state index is 0.0155. The largest absolute Gasteiger partial charge is 0.466 e. The minimum Gasteiger partial charge on any atom is -0.466 e. The second-order valence-corrected chi connectivity index (χ2v) is 21.8. The summed E-state index contributed by atoms with van der Waals surface area (Å²) in [6.07, 6.45) is 71.1. The van der Waals surface area contributed by atoms with Crippen LogP contribution in [0.3, 0.4) is 0 Å². The van der Waals surface area contributed by atoms with Crippen LogP contribution in [0, 0.1) is 0 Å². The van der Waals surface area contributed by atoms with Crippen LogP contribution in [0.25, 0.3) is 0 Å². The first kappa shape index (κ1) is 67.6. The summed E-state index contributed by atoms with van der Waals surface area (Å²) in [6.45, 7) is 4.89. The maximum atomic E-state index is 12.5. The highest BCUT2D eigenvalue weighted by Crippen LogP contribution is 2.18. The number of rotatable bonds is 59. The van der Waals surface area contributed by atoms with E-state index >= 15 is 0 Å². The lowest BCUT2D eigenvalue weighted by molar-refractivity contribution is -0.143. The van der Waals surface area contributed by atoms with E-state index in [4.69, 9.17) is 4.74 Å². The van der Waals surface area contributed by atoms with Gasteiger partial charge < -0.3 is 20.3 Å². The van der Waals surface area contributed by atoms with Crippen LogP contribution in [-0.4, -0.2) is 47.4 Å². The second kappa shape index (κ2) is 59.2. The predicted molar refractivity (Wildman–Crippen MR) is 301 cm³/mol. The minimum atomic E-state index is -0.859. The Morgan fingerprint density at radius 3 is 0.986 bits per heavy atom. The number of aliphatic hydroxyl groups is 2. The van der Waals surface area contributed by atoms with Crippen LogP contribution in [0.1, 0.15) is 354 Å². The highest BCUT2D eigenvalue weighted by Gasteiger charge is 2.18. The maximum absolute atomic E-state index is 12.5. The fourth-order valence-corrected chi connectivity index (χ4v) is 9.99. The number of carbonyl (C=O) groups excluding carboxylic acids is 2. The number of nitrogens with one attached hydrogen (secondary N) is 1. The Balaban J connectivity index is 3.47. The van der Waals surface area contributed by atoms with Gasteiger partial charge in [0.1, 0.15) is 0 Å². The third-order valence-electron chi connectivity index (χ3n) is 14.8. The molecule has 0 bridgehead atoms. The lowest BCUT2D eigenvalue weighted by Gasteiger charge is -2.20. The molecule has 6 heteroatoms. The first-order chi connectivity index (χ1) is 34.0. The van der Waals surface area contributed by atoms with Gasteiger partial charge in [-0.3, -0.25) is 9.59 Å². The monoisotopic (exact) mass is 974 g/mol. The third kappa shape index (κ3) is 55.8. The molecule has 0 radical (unpaired) electrons. The lowest BCUT2D eigenvalue weighted by atomic mass is 10.0. The number of allylic oxidation sites excluding steroid dienone is 1. The summed E-state index contributed by atoms with van der Waals surface area (Å²) < 4.78 is 5.48. The Kier molecular flexibility index (Phi) is 58.0. The van der Waals surface area contributed by atoms with Gasteiger partial charge in [0.2, 0.25) is 5.91 Å². The Morgan fingerprint density at radius 2 is 0.667 bits per heavy atom. The Bertz CT molecular complexity index is 1030. The number of esters is 1. The molecule has 0 saturated heterocycles. The van der Waals surface area contributed by atoms with Crippen molar-refractivity contribution in [1.82, 2.24) is 5.32 Å². The van der Waals surface area contributed by atoms with E-state index in [0.717, 1.165) is 57.8 Å². The summed E-state index contributed by atoms with van der Waals surface area (Å²) in [7, 11) is 0. The number of hydrogen-bond donors (Lipinski definition) is 3. The highest BCUT2D eigenvalue weighted by atomic mass is 16.5. The van der Waals surface area contributed by atoms with Crippen molar-refractivity contribution in [3.8, 4) is 0 Å². The fraction of sp³-hybridized carbons (Fsp3) is 0.937. The fourth-order valence-electron chi connectivity index (χ4n) is 9.99. The molecule has 0 rings (SSSR count). The molecule has 0 aliphatic rings. The SMILES string of the molecule is CCCCCCCCCCCCCCCCCCCCCCCCC/C=C/C(O)C(CO)NC(=O)CCCCCCCCCCCCOC(=O)CCCCCCCCCCCCCCCCCCC. The van der Waals surface area contributed by atoms with Gasteiger partial charge in [-0.1, -0.05) is 321 Å². The van der Waals surface area contributed by atoms with Crippen LogP contribution < -0.4 is 5.32 Å². The number of hydrogen-bond acceptors (Lipinski definition) is 5. The topological polar surface area (TPSA) is 95.9 Å². The van der Waals surface area contributed by atoms with Crippen molar-refractivity contribution in [3.63, 3.8) is 0 Å². The van der Waals surface area contributed by atoms with Crippen LogP contribution >= 0.6 is 0 Å². The third-order valence-corrected chi connectivity index (χ3v) is 14.8. The van der Waals surface area contributed by atoms with Gasteiger partial charge in [0.05, 0.1) is 25.4 Å². The zero-order valence-electron chi connectivity index (χ0n) is 46.8. The van der Waals surface area contributed by atoms with Gasteiger partial charge >= 0.3 is 5.97 Å². The average Bonchev–Trinajstić information content (AvgIpc) is 3.35. The van der Waals surface area contributed by atoms with E-state index in [0.29, 0.717) is 19.4 Å². The Morgan fingerprint density at radius 1 is 0.391 bits per heavy atom. The van der Waals surface area contributed by atoms with Crippen molar-refractivity contribution in [2.24, 2.45) is 0 Å². The molecular formula is C63H123NO5. The van der Waals surface area contributed by atoms with Gasteiger partial charge in [-0.25, -0.2) is 0 Å². The number of ether oxygens (including phenoxy) is 1. The number of unbranched alkanes of at least 4 members (excludes halogenated alkanes) is 48. The lowest BCUT2D eigenvalue weighted by Crippen LogP contribution is -2.45. The van der Waals surface area contributed by atoms with Gasteiger partial charge in [-0.05, 0) is 32.1 Å². The molecule has 2 unspecified atom stereocenters. The number of amides is 1. The molecule has 0 fully saturated rings. The molecule has 0 aromatic carbocycles. The van der Waals surface area contributed by atoms with E-state index in [1.54, 1.807) is 6.08 Å². The molecule has 0 heterocycles. The van der Waals surface area contributed by atoms with E-state index in [-0.39, 0.29) is 18.5 Å². The van der Waals surface area contributed by atoms with Gasteiger partial charge in [0, 0.05) is 12.8 Å². The van der Waals surface area contributed by atoms with Crippen molar-refractivity contribution in [1.29, 1.82) is 0 Å². The van der Waals surface area contributed by atoms with Crippen LogP contribution in [0.4, 0.5) is 0 Å². The maximum Gasteiger partial charge on any atom is 0.305 e. The first-order valence-corrected chi connectivity index (χ1v) is 31.5. The van der Waals surface area contributed by atoms with Gasteiger partial charge in [0.25, 0.3) is 0 Å². The van der Waals surface area contributed by atoms with Gasteiger partial charge in [-0.15, -0.1) is 0 Å². The normalized spacial score (nSPS) is 12.6. The second-order valence-electron chi connectivity index (χ2n) is 21.8. The molecule has 3 N–H and O–H groups in total. The summed E-state index contributed by atoms with van der Waals surface area (Å²) in [4.78, 5) is 24.6. The smallest absolute Gasteiger partial charge is 0.305 e. The highest BCUT2D eigenvalue weighted by molar-refractivity contribution is 5.76. The molecule has 1 amide bonds. The molecule has 0 spiro atoms. The number of carbonyl (C=O) groups is 2. The summed E-state index contributed by atoms with van der Waals surface area (Å²) in [5.41, 5.74) is 0. The van der Waals surface area contributed by atoms with Crippen LogP contribution in [0.5, 0.6) is 0 Å². The van der Waals surface area contributed by atoms with E-state index in [1.165, 1.54) is 270 Å². The van der Waals surface area contributed by atoms with Crippen molar-refractivity contribution in [3.05, 3.63) is 12.2 Å². The zero-order valence-corrected chi connectivity index (χ0v) is 46.8. The molecule has 2 atom stereocenters. The van der Waals surface area contributed by atoms with Crippen molar-refractivity contribution in [2.75, 3.05) is 13.2 Å². The standard InChI is InChI=1S/C63H123NO5/c1-3-5-7-9-11-13-15-17-19-21-22-23-24-25-26-27-28-30-31-33-35-39-43-47-51-55-61(66)60(59-65)64-62(67)56-52-48-44-40-37-38-42-46-50-54-58-69-63(68)57-53-49-45-41-36-34-32-29-20-18-16-14-12-10-8-6-4-2/h51,55,60-61,65-66H,3-50,52-54,56-59H2,1-2H3,(H,64,67)/b55-51+. The van der Waals surface area contributed by atoms with Crippen molar-refractivity contribution in [2.45, 2.75) is 366 Å². The van der Waals surface area contributed by atoms with Gasteiger partial charge in [-0.2, -0.15) is 0 Å². The number of aliphatic hydroxyl groups excluding tert-OH is 2. The van der Waals surface area contributed by atoms with E-state index in [1.807, 2.05) is 6.08 Å². The molecule has 0 aromatic heterocycles. The van der Waals surface area contributed by atoms with Crippen molar-refractivity contribution >= 4 is 11.9 Å². The van der Waals surface area contributed by atoms with Crippen LogP contribution in [0.15, 0.2) is 12.2 Å². The van der Waals surface area contributed by atoms with E-state index < -0.39 is 12.1 Å². The molecule has 0 aromatic rings. The van der Waals surface area contributed by atoms with E-state index in [2.05, 4.69) is 19.2 Å². The molecular weight excluding hydrogens is 851 g/mol. The van der Waals surface area contributed by atoms with Crippen LogP contribution in [0.2, 0.25) is 0 Å². The summed E-state index contributed by atoms with van der Waals surface area (Å²) >= 11 is 0. The zero-order chi connectivity index (χ0) is 50.0. The van der Waals surface area contributed by atoms with Gasteiger partial charge in [0.15, 0.2) is 0 Å². The summed E-state index contributed by atoms with van der Waals surface area (Å²) in [5.74, 6) is -0.101. The average molecular weight is 975 g/mol. The summed E-state index contributed by atoms with van der Waals surface area (Å²) in [5, 5.41) is 23.2. The van der Waals surface area contributed by atoms with Crippen LogP contribution in [-0.2, 0) is 14.3 Å². The quantitative estimate of drug-likeness (QED) is 0.0321. The Labute approximate surface area is 431 Å². The molecule has 0 aliphatic heterocycles. The molecule has 0 saturated carbocycles. The molecule has 410 valence electrons. The first-order valence-electron chi connectivity index (χ1n) is 31.5. The molecule has 69 heavy (non-hydrogen) atoms. The Hall–Kier alpha value is -1.40. The molecule has 6 nitrogen and oxygen atoms in total. The van der Waals surface area contributed by atoms with Crippen molar-refractivity contribution < 1.29 is 24.5 Å². The molecule has 0 aliphatic carbocycles.